The van der Waals surface area contributed by atoms with E-state index in [9.17, 15) is 22.8 Å². The molecule has 2 aromatic carbocycles. The number of nitrogens with one attached hydrogen (secondary N) is 3. The third kappa shape index (κ3) is 6.07. The number of hydrogen-bond donors (Lipinski definition) is 3. The highest BCUT2D eigenvalue weighted by Crippen LogP contribution is 2.48. The van der Waals surface area contributed by atoms with Crippen LogP contribution >= 0.6 is 0 Å². The zero-order valence-electron chi connectivity index (χ0n) is 21.5. The largest absolute Gasteiger partial charge is 0.354 e. The molecule has 1 saturated carbocycles. The lowest BCUT2D eigenvalue weighted by Crippen LogP contribution is -2.46. The van der Waals surface area contributed by atoms with Gasteiger partial charge in [-0.3, -0.25) is 30.0 Å². The maximum atomic E-state index is 13.5. The molecular weight excluding hydrogens is 492 g/mol. The molecule has 0 bridgehead atoms. The Kier molecular flexibility index (Phi) is 6.98. The number of rotatable bonds is 7. The topological polar surface area (TPSA) is 134 Å². The van der Waals surface area contributed by atoms with Gasteiger partial charge in [-0.15, -0.1) is 0 Å². The van der Waals surface area contributed by atoms with Gasteiger partial charge >= 0.3 is 0 Å². The lowest BCUT2D eigenvalue weighted by molar-refractivity contribution is -0.119. The lowest BCUT2D eigenvalue weighted by atomic mass is 9.97. The van der Waals surface area contributed by atoms with Crippen LogP contribution in [0.3, 0.4) is 0 Å². The first-order valence-electron chi connectivity index (χ1n) is 12.2. The minimum Gasteiger partial charge on any atom is -0.354 e. The molecule has 196 valence electrons. The SMILES string of the molecule is CC1(CC(=O)c2cccc(Nc3ccc(C(=O)NC4=NCCC(=O)N4)cc3S(=O)(=O)C(C)(C)C)c2)CC1. The van der Waals surface area contributed by atoms with Crippen LogP contribution in [0.5, 0.6) is 0 Å². The molecule has 1 aliphatic heterocycles. The van der Waals surface area contributed by atoms with E-state index in [0.717, 1.165) is 12.8 Å². The minimum absolute atomic E-state index is 0.0326. The van der Waals surface area contributed by atoms with Crippen LogP contribution in [-0.2, 0) is 14.6 Å². The van der Waals surface area contributed by atoms with Crippen molar-refractivity contribution in [2.75, 3.05) is 11.9 Å². The summed E-state index contributed by atoms with van der Waals surface area (Å²) in [5.41, 5.74) is 1.58. The van der Waals surface area contributed by atoms with Gasteiger partial charge in [0.15, 0.2) is 15.6 Å². The number of amides is 2. The number of sulfone groups is 1. The van der Waals surface area contributed by atoms with Crippen molar-refractivity contribution in [2.45, 2.75) is 63.0 Å². The first-order valence-corrected chi connectivity index (χ1v) is 13.7. The Bertz CT molecular complexity index is 1400. The predicted octanol–water partition coefficient (Wildman–Crippen LogP) is 3.98. The average Bonchev–Trinajstić information content (AvgIpc) is 3.55. The van der Waals surface area contributed by atoms with Gasteiger partial charge in [-0.05, 0) is 69.4 Å². The quantitative estimate of drug-likeness (QED) is 0.469. The number of carbonyl (C=O) groups is 3. The van der Waals surface area contributed by atoms with Crippen LogP contribution in [0, 0.1) is 5.41 Å². The predicted molar refractivity (Wildman–Crippen MR) is 142 cm³/mol. The number of nitrogens with zero attached hydrogens (tertiary/aromatic N) is 1. The molecule has 37 heavy (non-hydrogen) atoms. The van der Waals surface area contributed by atoms with Crippen molar-refractivity contribution in [3.8, 4) is 0 Å². The van der Waals surface area contributed by atoms with Gasteiger partial charge in [0, 0.05) is 29.7 Å². The summed E-state index contributed by atoms with van der Waals surface area (Å²) in [6.07, 6.45) is 2.81. The summed E-state index contributed by atoms with van der Waals surface area (Å²) in [5, 5.41) is 8.14. The molecule has 0 unspecified atom stereocenters. The Labute approximate surface area is 217 Å². The number of Topliss-reactive ketones (excluding diaryl/α,β-unsaturated/α-hetero) is 1. The number of hydrogen-bond acceptors (Lipinski definition) is 7. The molecule has 9 nitrogen and oxygen atoms in total. The fraction of sp³-hybridized carbons (Fsp3) is 0.407. The van der Waals surface area contributed by atoms with Crippen molar-refractivity contribution >= 4 is 44.8 Å². The van der Waals surface area contributed by atoms with Crippen molar-refractivity contribution in [1.29, 1.82) is 0 Å². The van der Waals surface area contributed by atoms with E-state index in [-0.39, 0.29) is 52.2 Å². The van der Waals surface area contributed by atoms with Crippen LogP contribution in [-0.4, -0.2) is 43.3 Å². The molecule has 4 rings (SSSR count). The van der Waals surface area contributed by atoms with Gasteiger partial charge in [-0.1, -0.05) is 19.1 Å². The second-order valence-corrected chi connectivity index (χ2v) is 13.6. The highest BCUT2D eigenvalue weighted by molar-refractivity contribution is 7.93. The highest BCUT2D eigenvalue weighted by atomic mass is 32.2. The van der Waals surface area contributed by atoms with Crippen LogP contribution in [0.15, 0.2) is 52.4 Å². The molecule has 10 heteroatoms. The molecular formula is C27H32N4O5S. The molecule has 1 heterocycles. The molecule has 2 aliphatic rings. The van der Waals surface area contributed by atoms with E-state index >= 15 is 0 Å². The smallest absolute Gasteiger partial charge is 0.258 e. The maximum absolute atomic E-state index is 13.5. The van der Waals surface area contributed by atoms with E-state index in [1.54, 1.807) is 45.0 Å². The average molecular weight is 525 g/mol. The number of anilines is 2. The van der Waals surface area contributed by atoms with E-state index in [2.05, 4.69) is 27.9 Å². The van der Waals surface area contributed by atoms with Crippen LogP contribution < -0.4 is 16.0 Å². The Morgan fingerprint density at radius 1 is 1.08 bits per heavy atom. The highest BCUT2D eigenvalue weighted by Gasteiger charge is 2.39. The molecule has 2 aromatic rings. The van der Waals surface area contributed by atoms with E-state index in [0.29, 0.717) is 17.7 Å². The summed E-state index contributed by atoms with van der Waals surface area (Å²) >= 11 is 0. The molecule has 0 aromatic heterocycles. The Balaban J connectivity index is 1.65. The second-order valence-electron chi connectivity index (χ2n) is 10.9. The van der Waals surface area contributed by atoms with Crippen LogP contribution in [0.1, 0.15) is 74.1 Å². The van der Waals surface area contributed by atoms with Gasteiger partial charge in [0.05, 0.1) is 21.9 Å². The van der Waals surface area contributed by atoms with Gasteiger partial charge in [0.25, 0.3) is 5.91 Å². The zero-order chi connectivity index (χ0) is 27.0. The fourth-order valence-electron chi connectivity index (χ4n) is 3.88. The van der Waals surface area contributed by atoms with E-state index in [1.807, 2.05) is 0 Å². The van der Waals surface area contributed by atoms with Crippen molar-refractivity contribution in [2.24, 2.45) is 10.4 Å². The molecule has 3 N–H and O–H groups in total. The number of ketones is 1. The molecule has 0 saturated heterocycles. The minimum atomic E-state index is -3.88. The second kappa shape index (κ2) is 9.74. The molecule has 0 atom stereocenters. The Morgan fingerprint density at radius 2 is 1.81 bits per heavy atom. The van der Waals surface area contributed by atoms with Gasteiger partial charge in [-0.25, -0.2) is 8.42 Å². The van der Waals surface area contributed by atoms with Gasteiger partial charge < -0.3 is 5.32 Å². The molecule has 1 aliphatic carbocycles. The maximum Gasteiger partial charge on any atom is 0.258 e. The third-order valence-corrected chi connectivity index (χ3v) is 9.12. The number of carbonyl (C=O) groups excluding carboxylic acids is 3. The summed E-state index contributed by atoms with van der Waals surface area (Å²) in [4.78, 5) is 41.2. The molecule has 2 amide bonds. The summed E-state index contributed by atoms with van der Waals surface area (Å²) in [5.74, 6) is -0.770. The Hall–Kier alpha value is -3.53. The summed E-state index contributed by atoms with van der Waals surface area (Å²) in [7, 11) is -3.88. The third-order valence-electron chi connectivity index (χ3n) is 6.59. The van der Waals surface area contributed by atoms with E-state index < -0.39 is 20.5 Å². The van der Waals surface area contributed by atoms with Crippen molar-refractivity contribution in [1.82, 2.24) is 10.6 Å². The standard InChI is InChI=1S/C27H32N4O5S/c1-26(2,3)37(35,36)22-15-18(24(34)31-25-28-13-10-23(33)30-25)8-9-20(22)29-19-7-5-6-17(14-19)21(32)16-27(4)11-12-27/h5-9,14-15,29H,10-13,16H2,1-4H3,(H2,28,30,31,33,34). The first kappa shape index (κ1) is 26.5. The molecule has 0 radical (unpaired) electrons. The van der Waals surface area contributed by atoms with Gasteiger partial charge in [0.2, 0.25) is 11.9 Å². The Morgan fingerprint density at radius 3 is 2.46 bits per heavy atom. The summed E-state index contributed by atoms with van der Waals surface area (Å²) in [6, 6.07) is 11.3. The number of aliphatic imine (C=N–C) groups is 1. The first-order chi connectivity index (χ1) is 17.3. The zero-order valence-corrected chi connectivity index (χ0v) is 22.3. The van der Waals surface area contributed by atoms with Crippen molar-refractivity contribution in [3.05, 3.63) is 53.6 Å². The summed E-state index contributed by atoms with van der Waals surface area (Å²) in [6.45, 7) is 7.12. The van der Waals surface area contributed by atoms with Crippen molar-refractivity contribution in [3.63, 3.8) is 0 Å². The van der Waals surface area contributed by atoms with E-state index in [1.165, 1.54) is 18.2 Å². The summed E-state index contributed by atoms with van der Waals surface area (Å²) < 4.78 is 25.9. The normalized spacial score (nSPS) is 16.9. The monoisotopic (exact) mass is 524 g/mol. The lowest BCUT2D eigenvalue weighted by Gasteiger charge is -2.23. The molecule has 0 spiro atoms. The molecule has 1 fully saturated rings. The van der Waals surface area contributed by atoms with Crippen molar-refractivity contribution < 1.29 is 22.8 Å². The number of guanidine groups is 1. The van der Waals surface area contributed by atoms with E-state index in [4.69, 9.17) is 0 Å². The van der Waals surface area contributed by atoms with Crippen LogP contribution in [0.2, 0.25) is 0 Å². The number of benzene rings is 2. The van der Waals surface area contributed by atoms with Crippen LogP contribution in [0.25, 0.3) is 0 Å². The van der Waals surface area contributed by atoms with Gasteiger partial charge in [-0.2, -0.15) is 0 Å². The van der Waals surface area contributed by atoms with Crippen LogP contribution in [0.4, 0.5) is 11.4 Å². The fourth-order valence-corrected chi connectivity index (χ4v) is 5.23. The van der Waals surface area contributed by atoms with Gasteiger partial charge in [0.1, 0.15) is 0 Å².